The summed E-state index contributed by atoms with van der Waals surface area (Å²) in [6.45, 7) is 3.94. The van der Waals surface area contributed by atoms with Gasteiger partial charge in [-0.2, -0.15) is 0 Å². The monoisotopic (exact) mass is 291 g/mol. The fraction of sp³-hybridized carbons (Fsp3) is 0.200. The lowest BCUT2D eigenvalue weighted by Crippen LogP contribution is -2.14. The lowest BCUT2D eigenvalue weighted by atomic mass is 10.0. The lowest BCUT2D eigenvalue weighted by Gasteiger charge is -2.25. The van der Waals surface area contributed by atoms with Gasteiger partial charge in [0.15, 0.2) is 0 Å². The zero-order chi connectivity index (χ0) is 14.6. The Balaban J connectivity index is 2.18. The normalized spacial score (nSPS) is 13.8. The van der Waals surface area contributed by atoms with E-state index >= 15 is 0 Å². The van der Waals surface area contributed by atoms with E-state index in [1.807, 2.05) is 26.0 Å². The Morgan fingerprint density at radius 2 is 1.55 bits per heavy atom. The van der Waals surface area contributed by atoms with Gasteiger partial charge < -0.3 is 13.9 Å². The summed E-state index contributed by atoms with van der Waals surface area (Å²) in [6, 6.07) is 15.3. The third-order valence-electron chi connectivity index (χ3n) is 2.71. The van der Waals surface area contributed by atoms with E-state index in [0.717, 1.165) is 5.56 Å². The van der Waals surface area contributed by atoms with E-state index in [1.165, 1.54) is 0 Å². The zero-order valence-corrected chi connectivity index (χ0v) is 12.2. The Hall–Kier alpha value is -1.77. The Kier molecular flexibility index (Phi) is 4.48. The quantitative estimate of drug-likeness (QED) is 0.787. The molecule has 0 aliphatic heterocycles. The van der Waals surface area contributed by atoms with Gasteiger partial charge in [-0.25, -0.2) is 4.57 Å². The van der Waals surface area contributed by atoms with Crippen molar-refractivity contribution in [3.63, 3.8) is 0 Å². The summed E-state index contributed by atoms with van der Waals surface area (Å²) in [5.41, 5.74) is 0.820. The maximum atomic E-state index is 11.9. The highest BCUT2D eigenvalue weighted by atomic mass is 31.2. The molecule has 5 heteroatoms. The summed E-state index contributed by atoms with van der Waals surface area (Å²) in [5, 5.41) is 0. The molecule has 0 spiro atoms. The number of rotatable bonds is 5. The van der Waals surface area contributed by atoms with Crippen LogP contribution in [0.4, 0.5) is 0 Å². The molecule has 2 aromatic carbocycles. The highest BCUT2D eigenvalue weighted by molar-refractivity contribution is 7.46. The maximum Gasteiger partial charge on any atom is 0.372 e. The van der Waals surface area contributed by atoms with Crippen molar-refractivity contribution in [3.05, 3.63) is 60.2 Å². The van der Waals surface area contributed by atoms with Gasteiger partial charge in [0.25, 0.3) is 0 Å². The molecule has 4 nitrogen and oxygen atoms in total. The molecule has 0 aliphatic carbocycles. The second-order valence-corrected chi connectivity index (χ2v) is 5.89. The van der Waals surface area contributed by atoms with Crippen LogP contribution < -0.4 is 13.9 Å². The highest BCUT2D eigenvalue weighted by Crippen LogP contribution is 2.42. The van der Waals surface area contributed by atoms with Crippen molar-refractivity contribution in [3.8, 4) is 11.5 Å². The van der Waals surface area contributed by atoms with E-state index in [4.69, 9.17) is 9.05 Å². The number of benzene rings is 2. The molecule has 1 unspecified atom stereocenters. The van der Waals surface area contributed by atoms with Gasteiger partial charge in [0.2, 0.25) is 0 Å². The topological polar surface area (TPSA) is 58.6 Å². The molecule has 0 amide bonds. The highest BCUT2D eigenvalue weighted by Gasteiger charge is 2.16. The summed E-state index contributed by atoms with van der Waals surface area (Å²) >= 11 is 0. The van der Waals surface area contributed by atoms with Crippen LogP contribution in [-0.2, 0) is 4.57 Å². The van der Waals surface area contributed by atoms with Crippen molar-refractivity contribution in [2.45, 2.75) is 19.8 Å². The smallest absolute Gasteiger partial charge is 0.372 e. The van der Waals surface area contributed by atoms with Gasteiger partial charge in [-0.1, -0.05) is 50.2 Å². The predicted molar refractivity (Wildman–Crippen MR) is 75.8 cm³/mol. The molecule has 0 fully saturated rings. The van der Waals surface area contributed by atoms with Crippen molar-refractivity contribution in [2.75, 3.05) is 0 Å². The molecule has 0 aliphatic rings. The predicted octanol–water partition coefficient (Wildman–Crippen LogP) is 3.74. The first-order valence-electron chi connectivity index (χ1n) is 6.32. The first-order valence-corrected chi connectivity index (χ1v) is 7.78. The van der Waals surface area contributed by atoms with Crippen LogP contribution in [0.5, 0.6) is 11.5 Å². The average molecular weight is 291 g/mol. The summed E-state index contributed by atoms with van der Waals surface area (Å²) in [7, 11) is -4.45. The Morgan fingerprint density at radius 3 is 2.20 bits per heavy atom. The Morgan fingerprint density at radius 1 is 0.950 bits per heavy atom. The van der Waals surface area contributed by atoms with Gasteiger partial charge in [-0.15, -0.1) is 0 Å². The van der Waals surface area contributed by atoms with Crippen molar-refractivity contribution in [1.82, 2.24) is 0 Å². The number of hydrogen-bond acceptors (Lipinski definition) is 4. The largest absolute Gasteiger partial charge is 0.736 e. The first kappa shape index (κ1) is 14.6. The van der Waals surface area contributed by atoms with Gasteiger partial charge in [-0.05, 0) is 29.7 Å². The molecule has 0 saturated carbocycles. The minimum atomic E-state index is -4.45. The van der Waals surface area contributed by atoms with Gasteiger partial charge in [0.1, 0.15) is 11.5 Å². The van der Waals surface area contributed by atoms with Gasteiger partial charge in [0.05, 0.1) is 0 Å². The van der Waals surface area contributed by atoms with Crippen LogP contribution in [0.3, 0.4) is 0 Å². The average Bonchev–Trinajstić information content (AvgIpc) is 2.39. The molecule has 2 aromatic rings. The molecule has 2 rings (SSSR count). The van der Waals surface area contributed by atoms with E-state index in [2.05, 4.69) is 0 Å². The fourth-order valence-corrected chi connectivity index (χ4v) is 2.61. The third kappa shape index (κ3) is 3.86. The second-order valence-electron chi connectivity index (χ2n) is 4.64. The maximum absolute atomic E-state index is 11.9. The number of phosphoric acid groups is 1. The molecule has 20 heavy (non-hydrogen) atoms. The summed E-state index contributed by atoms with van der Waals surface area (Å²) in [6.07, 6.45) is 0. The van der Waals surface area contributed by atoms with Crippen molar-refractivity contribution in [2.24, 2.45) is 0 Å². The molecule has 106 valence electrons. The number of phosphoric ester groups is 1. The molecule has 0 heterocycles. The molecular formula is C15H16O4P-. The van der Waals surface area contributed by atoms with E-state index in [1.54, 1.807) is 42.5 Å². The first-order chi connectivity index (χ1) is 9.48. The SMILES string of the molecule is CC(C)c1ccccc1OP(=O)([O-])Oc1ccccc1. The minimum absolute atomic E-state index is 0.155. The fourth-order valence-electron chi connectivity index (χ4n) is 1.79. The van der Waals surface area contributed by atoms with Gasteiger partial charge in [-0.3, -0.25) is 0 Å². The lowest BCUT2D eigenvalue weighted by molar-refractivity contribution is -0.208. The van der Waals surface area contributed by atoms with Crippen LogP contribution in [0.25, 0.3) is 0 Å². The van der Waals surface area contributed by atoms with Crippen LogP contribution in [0.2, 0.25) is 0 Å². The van der Waals surface area contributed by atoms with Crippen LogP contribution in [-0.4, -0.2) is 0 Å². The molecular weight excluding hydrogens is 275 g/mol. The van der Waals surface area contributed by atoms with Crippen LogP contribution in [0, 0.1) is 0 Å². The molecule has 0 N–H and O–H groups in total. The van der Waals surface area contributed by atoms with Crippen molar-refractivity contribution < 1.29 is 18.5 Å². The Labute approximate surface area is 118 Å². The third-order valence-corrected chi connectivity index (χ3v) is 3.57. The van der Waals surface area contributed by atoms with E-state index < -0.39 is 7.82 Å². The standard InChI is InChI=1S/C15H17O4P/c1-12(2)14-10-6-7-11-15(14)19-20(16,17)18-13-8-4-3-5-9-13/h3-12H,1-2H3,(H,16,17)/p-1. The van der Waals surface area contributed by atoms with E-state index in [-0.39, 0.29) is 11.7 Å². The van der Waals surface area contributed by atoms with Crippen LogP contribution in [0.15, 0.2) is 54.6 Å². The Bertz CT molecular complexity index is 610. The van der Waals surface area contributed by atoms with Gasteiger partial charge in [0, 0.05) is 0 Å². The van der Waals surface area contributed by atoms with E-state index in [9.17, 15) is 9.46 Å². The van der Waals surface area contributed by atoms with Crippen LogP contribution >= 0.6 is 7.82 Å². The summed E-state index contributed by atoms with van der Waals surface area (Å²) < 4.78 is 21.9. The molecule has 0 bridgehead atoms. The molecule has 0 radical (unpaired) electrons. The minimum Gasteiger partial charge on any atom is -0.736 e. The summed E-state index contributed by atoms with van der Waals surface area (Å²) in [4.78, 5) is 11.9. The zero-order valence-electron chi connectivity index (χ0n) is 11.4. The molecule has 1 atom stereocenters. The van der Waals surface area contributed by atoms with Crippen molar-refractivity contribution in [1.29, 1.82) is 0 Å². The van der Waals surface area contributed by atoms with Crippen LogP contribution in [0.1, 0.15) is 25.3 Å². The summed E-state index contributed by atoms with van der Waals surface area (Å²) in [5.74, 6) is 0.688. The number of hydrogen-bond donors (Lipinski definition) is 0. The molecule has 0 saturated heterocycles. The molecule has 0 aromatic heterocycles. The second kappa shape index (κ2) is 6.12. The van der Waals surface area contributed by atoms with Gasteiger partial charge >= 0.3 is 7.82 Å². The number of para-hydroxylation sites is 2. The van der Waals surface area contributed by atoms with Crippen molar-refractivity contribution >= 4 is 7.82 Å². The van der Waals surface area contributed by atoms with E-state index in [0.29, 0.717) is 5.75 Å².